The van der Waals surface area contributed by atoms with E-state index in [9.17, 15) is 14.7 Å². The molecule has 2 N–H and O–H groups in total. The quantitative estimate of drug-likeness (QED) is 0.711. The molecule has 29 heavy (non-hydrogen) atoms. The molecular formula is C22H26N2O5. The molecule has 7 nitrogen and oxygen atoms in total. The maximum atomic E-state index is 12.0. The molecule has 154 valence electrons. The minimum Gasteiger partial charge on any atom is -0.480 e. The van der Waals surface area contributed by atoms with Gasteiger partial charge in [-0.1, -0.05) is 60.7 Å². The van der Waals surface area contributed by atoms with Gasteiger partial charge in [0.15, 0.2) is 0 Å². The smallest absolute Gasteiger partial charge is 0.408 e. The molecule has 0 spiro atoms. The van der Waals surface area contributed by atoms with Crippen LogP contribution in [0.1, 0.15) is 17.5 Å². The van der Waals surface area contributed by atoms with Gasteiger partial charge in [-0.3, -0.25) is 4.90 Å². The van der Waals surface area contributed by atoms with Gasteiger partial charge in [-0.25, -0.2) is 9.59 Å². The number of ether oxygens (including phenoxy) is 2. The van der Waals surface area contributed by atoms with Crippen molar-refractivity contribution in [2.75, 3.05) is 19.7 Å². The number of aliphatic carboxylic acids is 1. The first kappa shape index (κ1) is 20.8. The summed E-state index contributed by atoms with van der Waals surface area (Å²) in [7, 11) is 0. The number of benzene rings is 2. The number of carbonyl (C=O) groups is 2. The number of carboxylic acids is 1. The Morgan fingerprint density at radius 3 is 2.41 bits per heavy atom. The van der Waals surface area contributed by atoms with Crippen molar-refractivity contribution in [1.82, 2.24) is 10.2 Å². The van der Waals surface area contributed by atoms with Crippen LogP contribution in [0.4, 0.5) is 4.79 Å². The predicted octanol–water partition coefficient (Wildman–Crippen LogP) is 2.66. The van der Waals surface area contributed by atoms with Crippen molar-refractivity contribution >= 4 is 12.1 Å². The number of nitrogens with zero attached hydrogens (tertiary/aromatic N) is 1. The summed E-state index contributed by atoms with van der Waals surface area (Å²) in [6.45, 7) is 2.80. The number of alkyl carbamates (subject to hydrolysis) is 1. The first-order valence-corrected chi connectivity index (χ1v) is 9.68. The van der Waals surface area contributed by atoms with Crippen LogP contribution in [0.25, 0.3) is 0 Å². The third-order valence-electron chi connectivity index (χ3n) is 4.77. The van der Waals surface area contributed by atoms with Crippen LogP contribution in [0.2, 0.25) is 0 Å². The molecule has 1 aliphatic heterocycles. The molecule has 1 aliphatic rings. The average Bonchev–Trinajstić information content (AvgIpc) is 2.73. The Labute approximate surface area is 170 Å². The average molecular weight is 398 g/mol. The van der Waals surface area contributed by atoms with Gasteiger partial charge in [0, 0.05) is 26.1 Å². The van der Waals surface area contributed by atoms with Crippen molar-refractivity contribution in [3.8, 4) is 0 Å². The Morgan fingerprint density at radius 1 is 1.10 bits per heavy atom. The monoisotopic (exact) mass is 398 g/mol. The molecule has 7 heteroatoms. The molecule has 1 fully saturated rings. The van der Waals surface area contributed by atoms with E-state index in [1.54, 1.807) is 0 Å². The van der Waals surface area contributed by atoms with Crippen LogP contribution in [-0.2, 0) is 27.4 Å². The SMILES string of the molecule is O=C(N[C@H](CC1CN(Cc2ccccc2)CCO1)C(=O)O)OCc1ccccc1. The zero-order valence-electron chi connectivity index (χ0n) is 16.2. The molecule has 0 bridgehead atoms. The molecule has 2 atom stereocenters. The summed E-state index contributed by atoms with van der Waals surface area (Å²) >= 11 is 0. The first-order chi connectivity index (χ1) is 14.1. The predicted molar refractivity (Wildman–Crippen MR) is 107 cm³/mol. The van der Waals surface area contributed by atoms with Gasteiger partial charge in [0.25, 0.3) is 0 Å². The normalized spacial score (nSPS) is 18.0. The number of hydrogen-bond donors (Lipinski definition) is 2. The van der Waals surface area contributed by atoms with Crippen LogP contribution < -0.4 is 5.32 Å². The van der Waals surface area contributed by atoms with Gasteiger partial charge in [-0.05, 0) is 11.1 Å². The largest absolute Gasteiger partial charge is 0.480 e. The molecule has 0 radical (unpaired) electrons. The second kappa shape index (κ2) is 10.6. The van der Waals surface area contributed by atoms with Crippen molar-refractivity contribution in [2.24, 2.45) is 0 Å². The maximum absolute atomic E-state index is 12.0. The summed E-state index contributed by atoms with van der Waals surface area (Å²) in [6, 6.07) is 18.3. The van der Waals surface area contributed by atoms with Crippen LogP contribution in [0, 0.1) is 0 Å². The molecule has 1 heterocycles. The highest BCUT2D eigenvalue weighted by Crippen LogP contribution is 2.14. The van der Waals surface area contributed by atoms with E-state index in [2.05, 4.69) is 22.3 Å². The molecule has 0 saturated carbocycles. The topological polar surface area (TPSA) is 88.1 Å². The van der Waals surface area contributed by atoms with Crippen molar-refractivity contribution in [3.63, 3.8) is 0 Å². The minimum atomic E-state index is -1.11. The summed E-state index contributed by atoms with van der Waals surface area (Å²) in [6.07, 6.45) is -0.845. The molecule has 1 amide bonds. The Balaban J connectivity index is 1.48. The van der Waals surface area contributed by atoms with Crippen molar-refractivity contribution in [3.05, 3.63) is 71.8 Å². The van der Waals surface area contributed by atoms with Gasteiger partial charge in [0.1, 0.15) is 12.6 Å². The molecule has 2 aromatic carbocycles. The summed E-state index contributed by atoms with van der Waals surface area (Å²) in [5, 5.41) is 11.9. The van der Waals surface area contributed by atoms with E-state index in [0.717, 1.165) is 18.7 Å². The molecule has 1 unspecified atom stereocenters. The van der Waals surface area contributed by atoms with E-state index < -0.39 is 18.1 Å². The number of carbonyl (C=O) groups excluding carboxylic acids is 1. The Morgan fingerprint density at radius 2 is 1.76 bits per heavy atom. The van der Waals surface area contributed by atoms with E-state index >= 15 is 0 Å². The zero-order chi connectivity index (χ0) is 20.5. The van der Waals surface area contributed by atoms with Crippen LogP contribution in [-0.4, -0.2) is 53.9 Å². The summed E-state index contributed by atoms with van der Waals surface area (Å²) in [4.78, 5) is 25.9. The summed E-state index contributed by atoms with van der Waals surface area (Å²) in [5.41, 5.74) is 2.03. The fraction of sp³-hybridized carbons (Fsp3) is 0.364. The Bertz CT molecular complexity index is 784. The van der Waals surface area contributed by atoms with Crippen LogP contribution in [0.15, 0.2) is 60.7 Å². The lowest BCUT2D eigenvalue weighted by molar-refractivity contribution is -0.141. The lowest BCUT2D eigenvalue weighted by atomic mass is 10.1. The van der Waals surface area contributed by atoms with Crippen molar-refractivity contribution < 1.29 is 24.2 Å². The molecule has 0 aromatic heterocycles. The van der Waals surface area contributed by atoms with Gasteiger partial charge in [0.05, 0.1) is 12.7 Å². The van der Waals surface area contributed by atoms with Crippen LogP contribution >= 0.6 is 0 Å². The lowest BCUT2D eigenvalue weighted by Crippen LogP contribution is -2.48. The molecular weight excluding hydrogens is 372 g/mol. The van der Waals surface area contributed by atoms with Gasteiger partial charge < -0.3 is 19.9 Å². The summed E-state index contributed by atoms with van der Waals surface area (Å²) in [5.74, 6) is -1.11. The number of morpholine rings is 1. The van der Waals surface area contributed by atoms with Gasteiger partial charge in [-0.15, -0.1) is 0 Å². The lowest BCUT2D eigenvalue weighted by Gasteiger charge is -2.34. The zero-order valence-corrected chi connectivity index (χ0v) is 16.2. The Hall–Kier alpha value is -2.90. The highest BCUT2D eigenvalue weighted by Gasteiger charge is 2.29. The second-order valence-electron chi connectivity index (χ2n) is 7.05. The maximum Gasteiger partial charge on any atom is 0.408 e. The second-order valence-corrected chi connectivity index (χ2v) is 7.05. The van der Waals surface area contributed by atoms with Crippen molar-refractivity contribution in [2.45, 2.75) is 31.7 Å². The number of nitrogens with one attached hydrogen (secondary N) is 1. The van der Waals surface area contributed by atoms with Gasteiger partial charge in [0.2, 0.25) is 0 Å². The molecule has 1 saturated heterocycles. The van der Waals surface area contributed by atoms with Crippen LogP contribution in [0.3, 0.4) is 0 Å². The van der Waals surface area contributed by atoms with Crippen LogP contribution in [0.5, 0.6) is 0 Å². The number of rotatable bonds is 8. The highest BCUT2D eigenvalue weighted by molar-refractivity contribution is 5.79. The number of hydrogen-bond acceptors (Lipinski definition) is 5. The third kappa shape index (κ3) is 6.89. The summed E-state index contributed by atoms with van der Waals surface area (Å²) < 4.78 is 10.9. The van der Waals surface area contributed by atoms with Crippen molar-refractivity contribution in [1.29, 1.82) is 0 Å². The number of amides is 1. The van der Waals surface area contributed by atoms with E-state index in [1.165, 1.54) is 5.56 Å². The molecule has 0 aliphatic carbocycles. The standard InChI is InChI=1S/C22H26N2O5/c25-21(26)20(23-22(27)29-16-18-9-5-2-6-10-18)13-19-15-24(11-12-28-19)14-17-7-3-1-4-8-17/h1-10,19-20H,11-16H2,(H,23,27)(H,25,26)/t19?,20-/m1/s1. The highest BCUT2D eigenvalue weighted by atomic mass is 16.5. The molecule has 3 rings (SSSR count). The van der Waals surface area contributed by atoms with E-state index in [-0.39, 0.29) is 19.1 Å². The van der Waals surface area contributed by atoms with Gasteiger partial charge in [-0.2, -0.15) is 0 Å². The number of carboxylic acid groups (broad SMARTS) is 1. The van der Waals surface area contributed by atoms with E-state index in [0.29, 0.717) is 13.2 Å². The van der Waals surface area contributed by atoms with Gasteiger partial charge >= 0.3 is 12.1 Å². The van der Waals surface area contributed by atoms with E-state index in [1.807, 2.05) is 48.5 Å². The first-order valence-electron chi connectivity index (χ1n) is 9.68. The van der Waals surface area contributed by atoms with E-state index in [4.69, 9.17) is 9.47 Å². The minimum absolute atomic E-state index is 0.0871. The fourth-order valence-corrected chi connectivity index (χ4v) is 3.30. The third-order valence-corrected chi connectivity index (χ3v) is 4.77. The fourth-order valence-electron chi connectivity index (χ4n) is 3.30. The molecule has 2 aromatic rings. The Kier molecular flexibility index (Phi) is 7.61.